The average Bonchev–Trinajstić information content (AvgIpc) is 3.35. The Morgan fingerprint density at radius 1 is 1.13 bits per heavy atom. The maximum Gasteiger partial charge on any atom is 0.235 e. The molecular weight excluding hydrogens is 420 g/mol. The van der Waals surface area contributed by atoms with Crippen LogP contribution in [0.2, 0.25) is 5.02 Å². The van der Waals surface area contributed by atoms with E-state index in [1.165, 1.54) is 17.3 Å². The van der Waals surface area contributed by atoms with Crippen LogP contribution in [0.15, 0.2) is 59.8 Å². The summed E-state index contributed by atoms with van der Waals surface area (Å²) in [5.41, 5.74) is 3.82. The summed E-state index contributed by atoms with van der Waals surface area (Å²) in [6, 6.07) is 17.2. The van der Waals surface area contributed by atoms with Crippen LogP contribution in [0, 0.1) is 6.92 Å². The molecule has 4 rings (SSSR count). The highest BCUT2D eigenvalue weighted by Crippen LogP contribution is 2.24. The molecule has 0 bridgehead atoms. The lowest BCUT2D eigenvalue weighted by molar-refractivity contribution is -0.113. The van der Waals surface area contributed by atoms with Gasteiger partial charge in [-0.3, -0.25) is 14.6 Å². The fourth-order valence-electron chi connectivity index (χ4n) is 2.81. The minimum Gasteiger partial charge on any atom is -0.310 e. The molecule has 0 saturated carbocycles. The van der Waals surface area contributed by atoms with Crippen molar-refractivity contribution in [2.75, 3.05) is 11.1 Å². The predicted molar refractivity (Wildman–Crippen MR) is 120 cm³/mol. The highest BCUT2D eigenvalue weighted by molar-refractivity contribution is 7.99. The van der Waals surface area contributed by atoms with E-state index in [2.05, 4.69) is 25.6 Å². The van der Waals surface area contributed by atoms with Gasteiger partial charge in [0.05, 0.1) is 11.4 Å². The number of carbonyl (C=O) groups excluding carboxylic acids is 1. The Balaban J connectivity index is 1.36. The van der Waals surface area contributed by atoms with Crippen LogP contribution in [0.3, 0.4) is 0 Å². The van der Waals surface area contributed by atoms with Crippen molar-refractivity contribution in [2.45, 2.75) is 12.1 Å². The number of benzene rings is 2. The largest absolute Gasteiger partial charge is 0.310 e. The molecule has 0 spiro atoms. The third kappa shape index (κ3) is 4.72. The number of anilines is 1. The third-order valence-corrected chi connectivity index (χ3v) is 5.51. The van der Waals surface area contributed by atoms with Crippen LogP contribution >= 0.6 is 23.4 Å². The molecule has 0 fully saturated rings. The van der Waals surface area contributed by atoms with E-state index >= 15 is 0 Å². The van der Waals surface area contributed by atoms with Gasteiger partial charge in [-0.05, 0) is 19.1 Å². The Morgan fingerprint density at radius 3 is 2.57 bits per heavy atom. The summed E-state index contributed by atoms with van der Waals surface area (Å²) in [5, 5.41) is 15.6. The molecule has 7 nitrogen and oxygen atoms in total. The highest BCUT2D eigenvalue weighted by Gasteiger charge is 2.12. The van der Waals surface area contributed by atoms with Crippen LogP contribution in [-0.2, 0) is 11.8 Å². The second kappa shape index (κ2) is 8.73. The number of hydrogen-bond donors (Lipinski definition) is 2. The molecule has 2 aromatic heterocycles. The molecule has 2 heterocycles. The van der Waals surface area contributed by atoms with Crippen LogP contribution in [0.1, 0.15) is 5.56 Å². The van der Waals surface area contributed by atoms with Gasteiger partial charge >= 0.3 is 0 Å². The minimum absolute atomic E-state index is 0.160. The molecule has 152 valence electrons. The smallest absolute Gasteiger partial charge is 0.235 e. The van der Waals surface area contributed by atoms with Gasteiger partial charge in [0.1, 0.15) is 5.82 Å². The molecule has 4 aromatic rings. The number of nitrogens with zero attached hydrogens (tertiary/aromatic N) is 4. The van der Waals surface area contributed by atoms with E-state index in [9.17, 15) is 4.79 Å². The second-order valence-electron chi connectivity index (χ2n) is 6.71. The molecule has 0 saturated heterocycles. The van der Waals surface area contributed by atoms with Crippen molar-refractivity contribution in [3.63, 3.8) is 0 Å². The highest BCUT2D eigenvalue weighted by atomic mass is 35.5. The number of aryl methyl sites for hydroxylation is 2. The first-order chi connectivity index (χ1) is 14.5. The summed E-state index contributed by atoms with van der Waals surface area (Å²) >= 11 is 7.20. The van der Waals surface area contributed by atoms with E-state index in [1.807, 2.05) is 61.5 Å². The number of nitrogens with one attached hydrogen (secondary N) is 2. The Hall–Kier alpha value is -3.10. The van der Waals surface area contributed by atoms with Crippen molar-refractivity contribution in [2.24, 2.45) is 7.05 Å². The average molecular weight is 439 g/mol. The number of amides is 1. The zero-order valence-corrected chi connectivity index (χ0v) is 18.0. The quantitative estimate of drug-likeness (QED) is 0.430. The standard InChI is InChI=1S/C21H19ClN6OS/c1-13-3-5-15(6-4-13)20-24-21(26-25-20)30-12-19(29)23-18-11-17(27-28(18)2)14-7-9-16(22)10-8-14/h3-11H,12H2,1-2H3,(H,23,29)(H,24,25,26). The van der Waals surface area contributed by atoms with Crippen LogP contribution in [0.25, 0.3) is 22.6 Å². The van der Waals surface area contributed by atoms with E-state index in [0.717, 1.165) is 16.8 Å². The maximum atomic E-state index is 12.4. The Morgan fingerprint density at radius 2 is 1.83 bits per heavy atom. The number of thioether (sulfide) groups is 1. The normalized spacial score (nSPS) is 10.9. The topological polar surface area (TPSA) is 88.5 Å². The fraction of sp³-hybridized carbons (Fsp3) is 0.143. The molecule has 30 heavy (non-hydrogen) atoms. The van der Waals surface area contributed by atoms with Gasteiger partial charge < -0.3 is 5.32 Å². The molecule has 0 aliphatic heterocycles. The van der Waals surface area contributed by atoms with Crippen LogP contribution in [0.4, 0.5) is 5.82 Å². The molecule has 0 atom stereocenters. The number of halogens is 1. The lowest BCUT2D eigenvalue weighted by atomic mass is 10.1. The number of aromatic amines is 1. The number of H-pyrrole nitrogens is 1. The van der Waals surface area contributed by atoms with Gasteiger partial charge in [0, 0.05) is 29.3 Å². The monoisotopic (exact) mass is 438 g/mol. The first kappa shape index (κ1) is 20.2. The van der Waals surface area contributed by atoms with Gasteiger partial charge in [-0.1, -0.05) is 65.3 Å². The first-order valence-electron chi connectivity index (χ1n) is 9.20. The first-order valence-corrected chi connectivity index (χ1v) is 10.6. The van der Waals surface area contributed by atoms with Crippen molar-refractivity contribution in [1.82, 2.24) is 25.0 Å². The van der Waals surface area contributed by atoms with Crippen LogP contribution in [-0.4, -0.2) is 36.6 Å². The van der Waals surface area contributed by atoms with Crippen LogP contribution < -0.4 is 5.32 Å². The zero-order valence-electron chi connectivity index (χ0n) is 16.4. The molecular formula is C21H19ClN6OS. The number of hydrogen-bond acceptors (Lipinski definition) is 5. The Labute approximate surface area is 182 Å². The number of aromatic nitrogens is 5. The molecule has 2 aromatic carbocycles. The zero-order chi connectivity index (χ0) is 21.1. The molecule has 2 N–H and O–H groups in total. The third-order valence-electron chi connectivity index (χ3n) is 4.41. The predicted octanol–water partition coefficient (Wildman–Crippen LogP) is 4.56. The van der Waals surface area contributed by atoms with Gasteiger partial charge in [-0.2, -0.15) is 5.10 Å². The van der Waals surface area contributed by atoms with E-state index in [0.29, 0.717) is 21.8 Å². The van der Waals surface area contributed by atoms with Crippen molar-refractivity contribution in [3.05, 3.63) is 65.2 Å². The summed E-state index contributed by atoms with van der Waals surface area (Å²) in [6.45, 7) is 2.03. The van der Waals surface area contributed by atoms with Crippen LogP contribution in [0.5, 0.6) is 0 Å². The Kier molecular flexibility index (Phi) is 5.87. The summed E-state index contributed by atoms with van der Waals surface area (Å²) in [4.78, 5) is 16.8. The van der Waals surface area contributed by atoms with Gasteiger partial charge in [0.25, 0.3) is 0 Å². The van der Waals surface area contributed by atoms with Crippen molar-refractivity contribution in [3.8, 4) is 22.6 Å². The van der Waals surface area contributed by atoms with E-state index in [-0.39, 0.29) is 11.7 Å². The summed E-state index contributed by atoms with van der Waals surface area (Å²) in [7, 11) is 1.78. The van der Waals surface area contributed by atoms with E-state index in [1.54, 1.807) is 11.7 Å². The van der Waals surface area contributed by atoms with Gasteiger partial charge in [0.15, 0.2) is 5.82 Å². The molecule has 0 aliphatic carbocycles. The Bertz CT molecular complexity index is 1170. The maximum absolute atomic E-state index is 12.4. The second-order valence-corrected chi connectivity index (χ2v) is 8.09. The molecule has 0 aliphatic rings. The minimum atomic E-state index is -0.160. The summed E-state index contributed by atoms with van der Waals surface area (Å²) < 4.78 is 1.63. The summed E-state index contributed by atoms with van der Waals surface area (Å²) in [5.74, 6) is 1.32. The van der Waals surface area contributed by atoms with Crippen molar-refractivity contribution in [1.29, 1.82) is 0 Å². The molecule has 9 heteroatoms. The van der Waals surface area contributed by atoms with Gasteiger partial charge in [-0.15, -0.1) is 5.10 Å². The molecule has 0 unspecified atom stereocenters. The van der Waals surface area contributed by atoms with Crippen molar-refractivity contribution < 1.29 is 4.79 Å². The lowest BCUT2D eigenvalue weighted by Crippen LogP contribution is -2.16. The van der Waals surface area contributed by atoms with E-state index in [4.69, 9.17) is 11.6 Å². The fourth-order valence-corrected chi connectivity index (χ4v) is 3.53. The SMILES string of the molecule is Cc1ccc(-c2nc(SCC(=O)Nc3cc(-c4ccc(Cl)cc4)nn3C)n[nH]2)cc1. The van der Waals surface area contributed by atoms with Crippen molar-refractivity contribution >= 4 is 35.1 Å². The van der Waals surface area contributed by atoms with E-state index < -0.39 is 0 Å². The summed E-state index contributed by atoms with van der Waals surface area (Å²) in [6.07, 6.45) is 0. The van der Waals surface area contributed by atoms with Gasteiger partial charge in [0.2, 0.25) is 11.1 Å². The molecule has 0 radical (unpaired) electrons. The lowest BCUT2D eigenvalue weighted by Gasteiger charge is -2.03. The number of carbonyl (C=O) groups is 1. The molecule has 1 amide bonds. The number of rotatable bonds is 6. The van der Waals surface area contributed by atoms with Gasteiger partial charge in [-0.25, -0.2) is 4.98 Å².